The van der Waals surface area contributed by atoms with Crippen LogP contribution in [0.3, 0.4) is 0 Å². The molecule has 2 N–H and O–H groups in total. The van der Waals surface area contributed by atoms with E-state index < -0.39 is 11.6 Å². The minimum absolute atomic E-state index is 0.110. The summed E-state index contributed by atoms with van der Waals surface area (Å²) in [5, 5.41) is 11.2. The fourth-order valence-corrected chi connectivity index (χ4v) is 1.36. The molecular formula is C12H23NO4. The topological polar surface area (TPSA) is 75.6 Å². The summed E-state index contributed by atoms with van der Waals surface area (Å²) < 4.78 is 5.17. The number of unbranched alkanes of at least 4 members (excludes halogenated alkanes) is 2. The zero-order chi connectivity index (χ0) is 13.3. The quantitative estimate of drug-likeness (QED) is 0.604. The Labute approximate surface area is 103 Å². The van der Waals surface area contributed by atoms with Crippen molar-refractivity contribution in [2.24, 2.45) is 0 Å². The normalized spacial score (nSPS) is 14.1. The molecule has 0 aliphatic heterocycles. The minimum Gasteiger partial charge on any atom is -0.481 e. The number of hydrogen-bond acceptors (Lipinski definition) is 3. The molecule has 5 heteroatoms. The van der Waals surface area contributed by atoms with Gasteiger partial charge in [-0.1, -0.05) is 13.3 Å². The Morgan fingerprint density at radius 1 is 1.29 bits per heavy atom. The van der Waals surface area contributed by atoms with Crippen molar-refractivity contribution in [2.75, 3.05) is 13.7 Å². The van der Waals surface area contributed by atoms with Gasteiger partial charge in [0.2, 0.25) is 0 Å². The van der Waals surface area contributed by atoms with Gasteiger partial charge in [0.05, 0.1) is 0 Å². The van der Waals surface area contributed by atoms with Crippen molar-refractivity contribution in [3.63, 3.8) is 0 Å². The summed E-state index contributed by atoms with van der Waals surface area (Å²) in [6.45, 7) is 4.22. The summed E-state index contributed by atoms with van der Waals surface area (Å²) in [5.74, 6) is -0.882. The molecule has 0 saturated carbocycles. The Balaban J connectivity index is 3.68. The van der Waals surface area contributed by atoms with E-state index >= 15 is 0 Å². The Morgan fingerprint density at radius 3 is 2.41 bits per heavy atom. The van der Waals surface area contributed by atoms with Gasteiger partial charge in [-0.3, -0.25) is 9.59 Å². The average Bonchev–Trinajstić information content (AvgIpc) is 2.31. The molecular weight excluding hydrogens is 222 g/mol. The third kappa shape index (κ3) is 6.26. The van der Waals surface area contributed by atoms with Crippen molar-refractivity contribution in [3.05, 3.63) is 0 Å². The lowest BCUT2D eigenvalue weighted by atomic mass is 10.0. The van der Waals surface area contributed by atoms with E-state index in [0.717, 1.165) is 12.8 Å². The molecule has 0 heterocycles. The van der Waals surface area contributed by atoms with E-state index in [1.165, 1.54) is 7.11 Å². The van der Waals surface area contributed by atoms with Crippen LogP contribution in [0.15, 0.2) is 0 Å². The van der Waals surface area contributed by atoms with E-state index in [-0.39, 0.29) is 12.3 Å². The Kier molecular flexibility index (Phi) is 7.54. The van der Waals surface area contributed by atoms with Gasteiger partial charge in [0.15, 0.2) is 0 Å². The van der Waals surface area contributed by atoms with Gasteiger partial charge in [-0.05, 0) is 26.2 Å². The Hall–Kier alpha value is -1.10. The second kappa shape index (κ2) is 8.06. The molecule has 1 unspecified atom stereocenters. The van der Waals surface area contributed by atoms with E-state index in [2.05, 4.69) is 5.32 Å². The monoisotopic (exact) mass is 245 g/mol. The van der Waals surface area contributed by atoms with Crippen molar-refractivity contribution >= 4 is 11.9 Å². The molecule has 0 aromatic rings. The number of nitrogens with one attached hydrogen (secondary N) is 1. The lowest BCUT2D eigenvalue weighted by molar-refractivity contribution is -0.142. The number of carbonyl (C=O) groups is 2. The van der Waals surface area contributed by atoms with Crippen LogP contribution in [0, 0.1) is 0 Å². The average molecular weight is 245 g/mol. The van der Waals surface area contributed by atoms with Crippen LogP contribution in [0.2, 0.25) is 0 Å². The standard InChI is InChI=1S/C12H23NO4/c1-4-12(2,17-3)11(16)13-9-7-5-6-8-10(14)15/h4-9H2,1-3H3,(H,13,16)(H,14,15). The predicted molar refractivity (Wildman–Crippen MR) is 64.8 cm³/mol. The Bertz CT molecular complexity index is 249. The van der Waals surface area contributed by atoms with Gasteiger partial charge < -0.3 is 15.2 Å². The highest BCUT2D eigenvalue weighted by molar-refractivity contribution is 5.84. The highest BCUT2D eigenvalue weighted by Gasteiger charge is 2.30. The number of carboxylic acid groups (broad SMARTS) is 1. The van der Waals surface area contributed by atoms with Crippen molar-refractivity contribution in [1.29, 1.82) is 0 Å². The zero-order valence-electron chi connectivity index (χ0n) is 10.9. The van der Waals surface area contributed by atoms with Crippen LogP contribution in [-0.4, -0.2) is 36.2 Å². The molecule has 0 aromatic heterocycles. The van der Waals surface area contributed by atoms with Gasteiger partial charge in [-0.2, -0.15) is 0 Å². The number of hydrogen-bond donors (Lipinski definition) is 2. The first-order valence-electron chi connectivity index (χ1n) is 6.01. The van der Waals surface area contributed by atoms with Gasteiger partial charge >= 0.3 is 5.97 Å². The molecule has 0 radical (unpaired) electrons. The lowest BCUT2D eigenvalue weighted by Gasteiger charge is -2.25. The second-order valence-corrected chi connectivity index (χ2v) is 4.25. The predicted octanol–water partition coefficient (Wildman–Crippen LogP) is 1.56. The van der Waals surface area contributed by atoms with Crippen LogP contribution in [-0.2, 0) is 14.3 Å². The number of methoxy groups -OCH3 is 1. The van der Waals surface area contributed by atoms with Gasteiger partial charge in [-0.15, -0.1) is 0 Å². The van der Waals surface area contributed by atoms with Gasteiger partial charge in [-0.25, -0.2) is 0 Å². The number of carbonyl (C=O) groups excluding carboxylic acids is 1. The van der Waals surface area contributed by atoms with Gasteiger partial charge in [0, 0.05) is 20.1 Å². The molecule has 0 fully saturated rings. The fourth-order valence-electron chi connectivity index (χ4n) is 1.36. The molecule has 0 aromatic carbocycles. The molecule has 0 aliphatic rings. The molecule has 1 atom stereocenters. The largest absolute Gasteiger partial charge is 0.481 e. The first-order valence-corrected chi connectivity index (χ1v) is 6.01. The van der Waals surface area contributed by atoms with Gasteiger partial charge in [0.25, 0.3) is 5.91 Å². The third-order valence-electron chi connectivity index (χ3n) is 2.96. The number of ether oxygens (including phenoxy) is 1. The molecule has 0 spiro atoms. The van der Waals surface area contributed by atoms with E-state index in [0.29, 0.717) is 19.4 Å². The number of carboxylic acids is 1. The third-order valence-corrected chi connectivity index (χ3v) is 2.96. The van der Waals surface area contributed by atoms with Gasteiger partial charge in [0.1, 0.15) is 5.60 Å². The lowest BCUT2D eigenvalue weighted by Crippen LogP contribution is -2.45. The maximum atomic E-state index is 11.7. The number of rotatable bonds is 9. The molecule has 100 valence electrons. The Morgan fingerprint density at radius 2 is 1.94 bits per heavy atom. The number of aliphatic carboxylic acids is 1. The number of amides is 1. The smallest absolute Gasteiger partial charge is 0.303 e. The summed E-state index contributed by atoms with van der Waals surface area (Å²) in [4.78, 5) is 22.0. The van der Waals surface area contributed by atoms with Crippen LogP contribution >= 0.6 is 0 Å². The van der Waals surface area contributed by atoms with Crippen LogP contribution < -0.4 is 5.32 Å². The van der Waals surface area contributed by atoms with Crippen LogP contribution in [0.5, 0.6) is 0 Å². The van der Waals surface area contributed by atoms with Crippen LogP contribution in [0.1, 0.15) is 46.0 Å². The molecule has 5 nitrogen and oxygen atoms in total. The fraction of sp³-hybridized carbons (Fsp3) is 0.833. The molecule has 1 amide bonds. The van der Waals surface area contributed by atoms with E-state index in [1.54, 1.807) is 6.92 Å². The summed E-state index contributed by atoms with van der Waals surface area (Å²) in [5.41, 5.74) is -0.763. The van der Waals surface area contributed by atoms with Crippen LogP contribution in [0.4, 0.5) is 0 Å². The molecule has 17 heavy (non-hydrogen) atoms. The SMILES string of the molecule is CCC(C)(OC)C(=O)NCCCCCC(=O)O. The van der Waals surface area contributed by atoms with Crippen molar-refractivity contribution in [2.45, 2.75) is 51.6 Å². The van der Waals surface area contributed by atoms with E-state index in [4.69, 9.17) is 9.84 Å². The van der Waals surface area contributed by atoms with Crippen molar-refractivity contribution in [3.8, 4) is 0 Å². The summed E-state index contributed by atoms with van der Waals surface area (Å²) in [6.07, 6.45) is 3.07. The van der Waals surface area contributed by atoms with E-state index in [1.807, 2.05) is 6.92 Å². The van der Waals surface area contributed by atoms with Crippen LogP contribution in [0.25, 0.3) is 0 Å². The highest BCUT2D eigenvalue weighted by atomic mass is 16.5. The minimum atomic E-state index is -0.771. The molecule has 0 rings (SSSR count). The van der Waals surface area contributed by atoms with Crippen molar-refractivity contribution in [1.82, 2.24) is 5.32 Å². The van der Waals surface area contributed by atoms with E-state index in [9.17, 15) is 9.59 Å². The first kappa shape index (κ1) is 15.9. The highest BCUT2D eigenvalue weighted by Crippen LogP contribution is 2.13. The summed E-state index contributed by atoms with van der Waals surface area (Å²) in [7, 11) is 1.52. The summed E-state index contributed by atoms with van der Waals surface area (Å²) >= 11 is 0. The molecule has 0 aliphatic carbocycles. The maximum Gasteiger partial charge on any atom is 0.303 e. The van der Waals surface area contributed by atoms with Crippen molar-refractivity contribution < 1.29 is 19.4 Å². The maximum absolute atomic E-state index is 11.7. The first-order chi connectivity index (χ1) is 7.96. The molecule has 0 bridgehead atoms. The zero-order valence-corrected chi connectivity index (χ0v) is 10.9. The summed E-state index contributed by atoms with van der Waals surface area (Å²) in [6, 6.07) is 0. The molecule has 0 saturated heterocycles. The second-order valence-electron chi connectivity index (χ2n) is 4.25.